The zero-order valence-electron chi connectivity index (χ0n) is 9.95. The van der Waals surface area contributed by atoms with Crippen LogP contribution in [-0.4, -0.2) is 17.4 Å². The third-order valence-corrected chi connectivity index (χ3v) is 4.24. The van der Waals surface area contributed by atoms with Crippen molar-refractivity contribution < 1.29 is 4.79 Å². The smallest absolute Gasteiger partial charge is 0.225 e. The molecule has 1 aliphatic rings. The number of nitrogens with zero attached hydrogens (tertiary/aromatic N) is 1. The number of nitrogens with two attached hydrogens (primary N) is 1. The summed E-state index contributed by atoms with van der Waals surface area (Å²) in [4.78, 5) is 13.9. The minimum Gasteiger partial charge on any atom is -0.398 e. The number of rotatable bonds is 2. The summed E-state index contributed by atoms with van der Waals surface area (Å²) in [5.74, 6) is 0.411. The molecule has 2 rings (SSSR count). The van der Waals surface area contributed by atoms with Crippen molar-refractivity contribution in [1.29, 1.82) is 0 Å². The molecule has 1 heterocycles. The Labute approximate surface area is 110 Å². The molecule has 0 aliphatic carbocycles. The molecule has 1 saturated heterocycles. The van der Waals surface area contributed by atoms with Gasteiger partial charge in [-0.1, -0.05) is 19.1 Å². The highest BCUT2D eigenvalue weighted by atomic mass is 79.9. The molecule has 1 amide bonds. The van der Waals surface area contributed by atoms with Crippen molar-refractivity contribution in [2.45, 2.75) is 26.3 Å². The number of amides is 1. The quantitative estimate of drug-likeness (QED) is 0.853. The number of carbonyl (C=O) groups excluding carboxylic acids is 1. The van der Waals surface area contributed by atoms with Crippen LogP contribution in [0.2, 0.25) is 0 Å². The lowest BCUT2D eigenvalue weighted by Crippen LogP contribution is -2.39. The van der Waals surface area contributed by atoms with E-state index in [-0.39, 0.29) is 11.8 Å². The van der Waals surface area contributed by atoms with Crippen LogP contribution in [0, 0.1) is 5.92 Å². The lowest BCUT2D eigenvalue weighted by Gasteiger charge is -2.31. The molecule has 4 heteroatoms. The molecule has 2 N–H and O–H groups in total. The molecular weight excluding hydrogens is 280 g/mol. The van der Waals surface area contributed by atoms with E-state index >= 15 is 0 Å². The van der Waals surface area contributed by atoms with Gasteiger partial charge in [0.25, 0.3) is 0 Å². The fourth-order valence-electron chi connectivity index (χ4n) is 2.22. The third-order valence-electron chi connectivity index (χ3n) is 3.27. The number of nitrogen functional groups attached to an aromatic ring is 1. The second-order valence-corrected chi connectivity index (χ2v) is 5.42. The highest BCUT2D eigenvalue weighted by Gasteiger charge is 2.25. The summed E-state index contributed by atoms with van der Waals surface area (Å²) in [7, 11) is 0. The monoisotopic (exact) mass is 296 g/mol. The van der Waals surface area contributed by atoms with Gasteiger partial charge in [-0.2, -0.15) is 0 Å². The maximum absolute atomic E-state index is 12.0. The van der Waals surface area contributed by atoms with Crippen molar-refractivity contribution >= 4 is 27.5 Å². The maximum Gasteiger partial charge on any atom is 0.225 e. The predicted octanol–water partition coefficient (Wildman–Crippen LogP) is 2.79. The normalized spacial score (nSPS) is 20.7. The van der Waals surface area contributed by atoms with Gasteiger partial charge in [-0.25, -0.2) is 0 Å². The Kier molecular flexibility index (Phi) is 3.72. The molecule has 1 fully saturated rings. The van der Waals surface area contributed by atoms with Crippen LogP contribution in [0.1, 0.15) is 25.3 Å². The van der Waals surface area contributed by atoms with Crippen molar-refractivity contribution in [2.75, 3.05) is 12.3 Å². The second kappa shape index (κ2) is 5.08. The first-order chi connectivity index (χ1) is 8.09. The molecule has 0 spiro atoms. The van der Waals surface area contributed by atoms with E-state index in [1.54, 1.807) is 0 Å². The number of halogens is 1. The molecule has 1 unspecified atom stereocenters. The molecule has 92 valence electrons. The zero-order valence-corrected chi connectivity index (χ0v) is 11.5. The van der Waals surface area contributed by atoms with E-state index in [1.807, 2.05) is 30.0 Å². The first kappa shape index (κ1) is 12.4. The summed E-state index contributed by atoms with van der Waals surface area (Å²) in [6, 6.07) is 5.79. The molecule has 3 nitrogen and oxygen atoms in total. The molecule has 0 saturated carbocycles. The number of anilines is 1. The molecular formula is C13H17BrN2O. The zero-order chi connectivity index (χ0) is 12.4. The van der Waals surface area contributed by atoms with E-state index < -0.39 is 0 Å². The third kappa shape index (κ3) is 2.63. The summed E-state index contributed by atoms with van der Waals surface area (Å²) in [6.07, 6.45) is 2.10. The molecule has 0 bridgehead atoms. The van der Waals surface area contributed by atoms with Crippen LogP contribution in [0.5, 0.6) is 0 Å². The Morgan fingerprint density at radius 3 is 3.06 bits per heavy atom. The van der Waals surface area contributed by atoms with E-state index in [9.17, 15) is 4.79 Å². The van der Waals surface area contributed by atoms with E-state index in [4.69, 9.17) is 5.73 Å². The van der Waals surface area contributed by atoms with Gasteiger partial charge >= 0.3 is 0 Å². The fraction of sp³-hybridized carbons (Fsp3) is 0.462. The van der Waals surface area contributed by atoms with Gasteiger partial charge in [-0.05, 0) is 40.4 Å². The average Bonchev–Trinajstić information content (AvgIpc) is 2.31. The van der Waals surface area contributed by atoms with E-state index in [2.05, 4.69) is 15.9 Å². The van der Waals surface area contributed by atoms with Crippen molar-refractivity contribution in [2.24, 2.45) is 5.92 Å². The van der Waals surface area contributed by atoms with E-state index in [0.717, 1.165) is 35.1 Å². The number of piperidine rings is 1. The van der Waals surface area contributed by atoms with Gasteiger partial charge in [-0.3, -0.25) is 4.79 Å². The van der Waals surface area contributed by atoms with Crippen LogP contribution in [0.3, 0.4) is 0 Å². The van der Waals surface area contributed by atoms with Gasteiger partial charge in [0.2, 0.25) is 5.91 Å². The molecule has 0 radical (unpaired) electrons. The summed E-state index contributed by atoms with van der Waals surface area (Å²) < 4.78 is 0.908. The van der Waals surface area contributed by atoms with Crippen molar-refractivity contribution in [1.82, 2.24) is 4.90 Å². The van der Waals surface area contributed by atoms with Crippen LogP contribution in [0.25, 0.3) is 0 Å². The first-order valence-electron chi connectivity index (χ1n) is 5.91. The van der Waals surface area contributed by atoms with E-state index in [1.165, 1.54) is 0 Å². The average molecular weight is 297 g/mol. The highest BCUT2D eigenvalue weighted by molar-refractivity contribution is 9.10. The Morgan fingerprint density at radius 1 is 1.53 bits per heavy atom. The van der Waals surface area contributed by atoms with Crippen molar-refractivity contribution in [3.63, 3.8) is 0 Å². The van der Waals surface area contributed by atoms with Crippen LogP contribution < -0.4 is 5.73 Å². The SMILES string of the molecule is CC1CCCN(Cc2cccc(N)c2Br)C1=O. The second-order valence-electron chi connectivity index (χ2n) is 4.62. The van der Waals surface area contributed by atoms with Gasteiger partial charge in [-0.15, -0.1) is 0 Å². The summed E-state index contributed by atoms with van der Waals surface area (Å²) >= 11 is 3.48. The molecule has 1 aliphatic heterocycles. The van der Waals surface area contributed by atoms with Gasteiger partial charge in [0.1, 0.15) is 0 Å². The van der Waals surface area contributed by atoms with Crippen molar-refractivity contribution in [3.05, 3.63) is 28.2 Å². The molecule has 0 aromatic heterocycles. The summed E-state index contributed by atoms with van der Waals surface area (Å²) in [5, 5.41) is 0. The van der Waals surface area contributed by atoms with Crippen LogP contribution >= 0.6 is 15.9 Å². The number of benzene rings is 1. The van der Waals surface area contributed by atoms with Gasteiger partial charge < -0.3 is 10.6 Å². The van der Waals surface area contributed by atoms with Gasteiger partial charge in [0, 0.05) is 29.2 Å². The number of carbonyl (C=O) groups is 1. The first-order valence-corrected chi connectivity index (χ1v) is 6.70. The maximum atomic E-state index is 12.0. The number of hydrogen-bond donors (Lipinski definition) is 1. The van der Waals surface area contributed by atoms with Crippen LogP contribution in [0.4, 0.5) is 5.69 Å². The Balaban J connectivity index is 2.15. The summed E-state index contributed by atoms with van der Waals surface area (Å²) in [5.41, 5.74) is 7.64. The molecule has 1 aromatic carbocycles. The Bertz CT molecular complexity index is 433. The molecule has 1 aromatic rings. The Morgan fingerprint density at radius 2 is 2.29 bits per heavy atom. The lowest BCUT2D eigenvalue weighted by atomic mass is 9.98. The van der Waals surface area contributed by atoms with Crippen molar-refractivity contribution in [3.8, 4) is 0 Å². The molecule has 17 heavy (non-hydrogen) atoms. The van der Waals surface area contributed by atoms with Crippen LogP contribution in [-0.2, 0) is 11.3 Å². The minimum absolute atomic E-state index is 0.156. The Hall–Kier alpha value is -1.03. The largest absolute Gasteiger partial charge is 0.398 e. The standard InChI is InChI=1S/C13H17BrN2O/c1-9-4-3-7-16(13(9)17)8-10-5-2-6-11(15)12(10)14/h2,5-6,9H,3-4,7-8,15H2,1H3. The molecule has 1 atom stereocenters. The lowest BCUT2D eigenvalue weighted by molar-refractivity contribution is -0.138. The summed E-state index contributed by atoms with van der Waals surface area (Å²) in [6.45, 7) is 3.50. The topological polar surface area (TPSA) is 46.3 Å². The fourth-order valence-corrected chi connectivity index (χ4v) is 2.61. The predicted molar refractivity (Wildman–Crippen MR) is 72.4 cm³/mol. The van der Waals surface area contributed by atoms with Crippen LogP contribution in [0.15, 0.2) is 22.7 Å². The van der Waals surface area contributed by atoms with Gasteiger partial charge in [0.15, 0.2) is 0 Å². The highest BCUT2D eigenvalue weighted by Crippen LogP contribution is 2.27. The minimum atomic E-state index is 0.156. The number of likely N-dealkylation sites (tertiary alicyclic amines) is 1. The number of hydrogen-bond acceptors (Lipinski definition) is 2. The van der Waals surface area contributed by atoms with Gasteiger partial charge in [0.05, 0.1) is 0 Å². The van der Waals surface area contributed by atoms with E-state index in [0.29, 0.717) is 6.54 Å².